The molecule has 1 unspecified atom stereocenters. The number of hydrogen-bond donors (Lipinski definition) is 2. The van der Waals surface area contributed by atoms with Crippen LogP contribution in [0.4, 0.5) is 0 Å². The van der Waals surface area contributed by atoms with E-state index in [9.17, 15) is 4.79 Å². The molecule has 0 amide bonds. The van der Waals surface area contributed by atoms with Crippen LogP contribution < -0.4 is 5.32 Å². The van der Waals surface area contributed by atoms with Crippen LogP contribution in [0, 0.1) is 5.92 Å². The van der Waals surface area contributed by atoms with E-state index in [1.807, 2.05) is 6.92 Å². The van der Waals surface area contributed by atoms with Crippen molar-refractivity contribution in [3.8, 4) is 0 Å². The summed E-state index contributed by atoms with van der Waals surface area (Å²) < 4.78 is 0. The molecule has 0 saturated heterocycles. The second-order valence-corrected chi connectivity index (χ2v) is 3.26. The van der Waals surface area contributed by atoms with Crippen LogP contribution in [0.2, 0.25) is 0 Å². The fraction of sp³-hybridized carbons (Fsp3) is 0.889. The molecule has 2 N–H and O–H groups in total. The van der Waals surface area contributed by atoms with E-state index >= 15 is 0 Å². The van der Waals surface area contributed by atoms with Crippen molar-refractivity contribution >= 4 is 5.97 Å². The van der Waals surface area contributed by atoms with Crippen molar-refractivity contribution in [1.29, 1.82) is 0 Å². The molecule has 0 aliphatic rings. The van der Waals surface area contributed by atoms with Gasteiger partial charge in [0, 0.05) is 6.42 Å². The van der Waals surface area contributed by atoms with Crippen molar-refractivity contribution in [2.45, 2.75) is 33.1 Å². The Bertz CT molecular complexity index is 126. The van der Waals surface area contributed by atoms with E-state index in [1.54, 1.807) is 0 Å². The molecule has 0 aromatic heterocycles. The molecule has 0 rings (SSSR count). The Morgan fingerprint density at radius 2 is 2.25 bits per heavy atom. The largest absolute Gasteiger partial charge is 0.481 e. The van der Waals surface area contributed by atoms with E-state index in [4.69, 9.17) is 5.11 Å². The molecule has 0 radical (unpaired) electrons. The van der Waals surface area contributed by atoms with Gasteiger partial charge in [0.25, 0.3) is 0 Å². The summed E-state index contributed by atoms with van der Waals surface area (Å²) in [4.78, 5) is 10.3. The molecular weight excluding hydrogens is 154 g/mol. The maximum atomic E-state index is 10.3. The molecule has 12 heavy (non-hydrogen) atoms. The zero-order valence-corrected chi connectivity index (χ0v) is 7.97. The Labute approximate surface area is 74.2 Å². The third-order valence-electron chi connectivity index (χ3n) is 1.72. The van der Waals surface area contributed by atoms with Crippen LogP contribution in [0.3, 0.4) is 0 Å². The number of aliphatic carboxylic acids is 1. The van der Waals surface area contributed by atoms with Gasteiger partial charge in [0.1, 0.15) is 0 Å². The van der Waals surface area contributed by atoms with Gasteiger partial charge in [-0.25, -0.2) is 0 Å². The second kappa shape index (κ2) is 7.10. The Morgan fingerprint density at radius 1 is 1.58 bits per heavy atom. The Morgan fingerprint density at radius 3 is 2.75 bits per heavy atom. The Kier molecular flexibility index (Phi) is 6.76. The zero-order chi connectivity index (χ0) is 9.40. The number of rotatable bonds is 7. The minimum atomic E-state index is -0.709. The van der Waals surface area contributed by atoms with Gasteiger partial charge in [0.2, 0.25) is 0 Å². The van der Waals surface area contributed by atoms with Crippen molar-refractivity contribution in [1.82, 2.24) is 5.32 Å². The fourth-order valence-corrected chi connectivity index (χ4v) is 1.02. The monoisotopic (exact) mass is 173 g/mol. The third kappa shape index (κ3) is 7.54. The van der Waals surface area contributed by atoms with E-state index in [-0.39, 0.29) is 12.3 Å². The summed E-state index contributed by atoms with van der Waals surface area (Å²) in [5.74, 6) is -0.473. The number of unbranched alkanes of at least 4 members (excludes halogenated alkanes) is 1. The summed E-state index contributed by atoms with van der Waals surface area (Å²) in [5.41, 5.74) is 0. The average Bonchev–Trinajstić information content (AvgIpc) is 1.97. The van der Waals surface area contributed by atoms with Gasteiger partial charge in [0.15, 0.2) is 0 Å². The first kappa shape index (κ1) is 11.4. The lowest BCUT2D eigenvalue weighted by atomic mass is 10.1. The maximum Gasteiger partial charge on any atom is 0.303 e. The first-order valence-electron chi connectivity index (χ1n) is 4.59. The van der Waals surface area contributed by atoms with E-state index in [0.717, 1.165) is 13.1 Å². The molecule has 0 aromatic rings. The number of hydrogen-bond acceptors (Lipinski definition) is 2. The van der Waals surface area contributed by atoms with Gasteiger partial charge in [-0.2, -0.15) is 0 Å². The van der Waals surface area contributed by atoms with Gasteiger partial charge in [0.05, 0.1) is 0 Å². The molecule has 0 heterocycles. The molecule has 0 aliphatic heterocycles. The number of carbonyl (C=O) groups is 1. The first-order chi connectivity index (χ1) is 5.66. The lowest BCUT2D eigenvalue weighted by Crippen LogP contribution is -2.23. The summed E-state index contributed by atoms with van der Waals surface area (Å²) >= 11 is 0. The Balaban J connectivity index is 3.19. The van der Waals surface area contributed by atoms with Gasteiger partial charge < -0.3 is 10.4 Å². The fourth-order valence-electron chi connectivity index (χ4n) is 1.02. The molecule has 0 saturated carbocycles. The molecule has 0 fully saturated rings. The first-order valence-corrected chi connectivity index (χ1v) is 4.59. The predicted molar refractivity (Wildman–Crippen MR) is 49.2 cm³/mol. The van der Waals surface area contributed by atoms with Crippen LogP contribution in [-0.2, 0) is 4.79 Å². The lowest BCUT2D eigenvalue weighted by molar-refractivity contribution is -0.137. The third-order valence-corrected chi connectivity index (χ3v) is 1.72. The quantitative estimate of drug-likeness (QED) is 0.573. The van der Waals surface area contributed by atoms with Gasteiger partial charge in [-0.05, 0) is 25.4 Å². The molecule has 0 aliphatic carbocycles. The van der Waals surface area contributed by atoms with Crippen molar-refractivity contribution in [2.24, 2.45) is 5.92 Å². The van der Waals surface area contributed by atoms with Crippen LogP contribution in [0.5, 0.6) is 0 Å². The van der Waals surface area contributed by atoms with Crippen LogP contribution in [0.1, 0.15) is 33.1 Å². The minimum Gasteiger partial charge on any atom is -0.481 e. The highest BCUT2D eigenvalue weighted by molar-refractivity contribution is 5.66. The number of carboxylic acid groups (broad SMARTS) is 1. The smallest absolute Gasteiger partial charge is 0.303 e. The van der Waals surface area contributed by atoms with E-state index < -0.39 is 5.97 Å². The number of nitrogens with one attached hydrogen (secondary N) is 1. The van der Waals surface area contributed by atoms with Crippen LogP contribution in [0.25, 0.3) is 0 Å². The SMILES string of the molecule is CCCCNCC(C)CC(=O)O. The lowest BCUT2D eigenvalue weighted by Gasteiger charge is -2.09. The summed E-state index contributed by atoms with van der Waals surface area (Å²) in [6.45, 7) is 5.90. The van der Waals surface area contributed by atoms with Gasteiger partial charge in [-0.3, -0.25) is 4.79 Å². The van der Waals surface area contributed by atoms with Crippen LogP contribution in [-0.4, -0.2) is 24.2 Å². The van der Waals surface area contributed by atoms with Crippen LogP contribution in [0.15, 0.2) is 0 Å². The normalized spacial score (nSPS) is 12.8. The van der Waals surface area contributed by atoms with Crippen molar-refractivity contribution in [2.75, 3.05) is 13.1 Å². The molecule has 1 atom stereocenters. The molecular formula is C9H19NO2. The van der Waals surface area contributed by atoms with E-state index in [2.05, 4.69) is 12.2 Å². The maximum absolute atomic E-state index is 10.3. The van der Waals surface area contributed by atoms with E-state index in [1.165, 1.54) is 12.8 Å². The molecule has 72 valence electrons. The summed E-state index contributed by atoms with van der Waals surface area (Å²) in [5, 5.41) is 11.7. The highest BCUT2D eigenvalue weighted by Gasteiger charge is 2.05. The molecule has 0 spiro atoms. The molecule has 3 heteroatoms. The highest BCUT2D eigenvalue weighted by atomic mass is 16.4. The molecule has 0 bridgehead atoms. The topological polar surface area (TPSA) is 49.3 Å². The molecule has 3 nitrogen and oxygen atoms in total. The van der Waals surface area contributed by atoms with Crippen molar-refractivity contribution in [3.05, 3.63) is 0 Å². The second-order valence-electron chi connectivity index (χ2n) is 3.26. The average molecular weight is 173 g/mol. The van der Waals surface area contributed by atoms with Crippen LogP contribution >= 0.6 is 0 Å². The van der Waals surface area contributed by atoms with Gasteiger partial charge in [-0.1, -0.05) is 20.3 Å². The Hall–Kier alpha value is -0.570. The summed E-state index contributed by atoms with van der Waals surface area (Å²) in [6, 6.07) is 0. The highest BCUT2D eigenvalue weighted by Crippen LogP contribution is 1.99. The predicted octanol–water partition coefficient (Wildman–Crippen LogP) is 1.49. The van der Waals surface area contributed by atoms with Crippen molar-refractivity contribution in [3.63, 3.8) is 0 Å². The van der Waals surface area contributed by atoms with Crippen molar-refractivity contribution < 1.29 is 9.90 Å². The van der Waals surface area contributed by atoms with Gasteiger partial charge in [-0.15, -0.1) is 0 Å². The standard InChI is InChI=1S/C9H19NO2/c1-3-4-5-10-7-8(2)6-9(11)12/h8,10H,3-7H2,1-2H3,(H,11,12). The van der Waals surface area contributed by atoms with Gasteiger partial charge >= 0.3 is 5.97 Å². The number of carboxylic acids is 1. The molecule has 0 aromatic carbocycles. The summed E-state index contributed by atoms with van der Waals surface area (Å²) in [6.07, 6.45) is 2.61. The van der Waals surface area contributed by atoms with E-state index in [0.29, 0.717) is 0 Å². The minimum absolute atomic E-state index is 0.236. The summed E-state index contributed by atoms with van der Waals surface area (Å²) in [7, 11) is 0. The zero-order valence-electron chi connectivity index (χ0n) is 7.97.